The molecule has 33 heavy (non-hydrogen) atoms. The van der Waals surface area contributed by atoms with Crippen molar-refractivity contribution >= 4 is 0 Å². The Labute approximate surface area is 210 Å². The molecule has 0 aliphatic carbocycles. The molecule has 0 aromatic carbocycles. The van der Waals surface area contributed by atoms with E-state index in [9.17, 15) is 0 Å². The molecule has 0 fully saturated rings. The Bertz CT molecular complexity index is 367. The lowest BCUT2D eigenvalue weighted by atomic mass is 9.90. The molecule has 4 unspecified atom stereocenters. The maximum Gasteiger partial charge on any atom is 0.0734 e. The second-order valence-electron chi connectivity index (χ2n) is 10.3. The summed E-state index contributed by atoms with van der Waals surface area (Å²) in [4.78, 5) is 5.34. The summed E-state index contributed by atoms with van der Waals surface area (Å²) < 4.78 is 7.29. The normalized spacial score (nSPS) is 15.8. The van der Waals surface area contributed by atoms with Gasteiger partial charge in [0.2, 0.25) is 0 Å². The first-order chi connectivity index (χ1) is 16.0. The Morgan fingerprint density at radius 3 is 1.15 bits per heavy atom. The number of unbranched alkanes of at least 4 members (excludes halogenated alkanes) is 4. The molecule has 0 bridgehead atoms. The van der Waals surface area contributed by atoms with Crippen molar-refractivity contribution in [1.29, 1.82) is 0 Å². The number of hydrogen-bond acceptors (Lipinski definition) is 3. The van der Waals surface area contributed by atoms with Crippen LogP contribution < -0.4 is 0 Å². The minimum absolute atomic E-state index is 0.365. The largest absolute Gasteiger partial charge is 0.372 e. The molecule has 0 rings (SSSR count). The van der Waals surface area contributed by atoms with Gasteiger partial charge in [-0.3, -0.25) is 0 Å². The Balaban J connectivity index is 5.74. The molecule has 0 saturated carbocycles. The standard InChI is InChI=1S/C30H64N2O/c1-9-17-21-27(13-5)29(25-31(15-7)23-19-11-3)33-30(28(14-6)22-18-10-2)26-32(16-8)24-20-12-4/h27-30H,9-26H2,1-8H3. The third-order valence-corrected chi connectivity index (χ3v) is 7.73. The van der Waals surface area contributed by atoms with Gasteiger partial charge in [-0.2, -0.15) is 0 Å². The van der Waals surface area contributed by atoms with E-state index in [1.165, 1.54) is 90.1 Å². The zero-order valence-corrected chi connectivity index (χ0v) is 24.3. The monoisotopic (exact) mass is 469 g/mol. The summed E-state index contributed by atoms with van der Waals surface area (Å²) in [5, 5.41) is 0. The van der Waals surface area contributed by atoms with Crippen LogP contribution in [0, 0.1) is 11.8 Å². The van der Waals surface area contributed by atoms with Crippen molar-refractivity contribution in [3.05, 3.63) is 0 Å². The fourth-order valence-electron chi connectivity index (χ4n) is 5.10. The maximum atomic E-state index is 7.29. The molecule has 3 nitrogen and oxygen atoms in total. The van der Waals surface area contributed by atoms with Crippen LogP contribution in [0.4, 0.5) is 0 Å². The van der Waals surface area contributed by atoms with E-state index in [0.29, 0.717) is 24.0 Å². The molecule has 3 heteroatoms. The quantitative estimate of drug-likeness (QED) is 0.141. The van der Waals surface area contributed by atoms with Crippen LogP contribution in [0.3, 0.4) is 0 Å². The molecule has 0 saturated heterocycles. The minimum Gasteiger partial charge on any atom is -0.372 e. The van der Waals surface area contributed by atoms with Crippen molar-refractivity contribution in [2.45, 2.75) is 145 Å². The van der Waals surface area contributed by atoms with E-state index >= 15 is 0 Å². The average molecular weight is 469 g/mol. The first kappa shape index (κ1) is 32.9. The lowest BCUT2D eigenvalue weighted by Crippen LogP contribution is -2.46. The van der Waals surface area contributed by atoms with Crippen molar-refractivity contribution in [2.24, 2.45) is 11.8 Å². The van der Waals surface area contributed by atoms with Crippen LogP contribution in [0.2, 0.25) is 0 Å². The number of nitrogens with zero attached hydrogens (tertiary/aromatic N) is 2. The van der Waals surface area contributed by atoms with E-state index in [4.69, 9.17) is 4.74 Å². The Morgan fingerprint density at radius 2 is 0.879 bits per heavy atom. The molecule has 0 aromatic rings. The molecule has 0 heterocycles. The topological polar surface area (TPSA) is 15.7 Å². The van der Waals surface area contributed by atoms with E-state index in [1.54, 1.807) is 0 Å². The lowest BCUT2D eigenvalue weighted by molar-refractivity contribution is -0.0953. The van der Waals surface area contributed by atoms with Crippen LogP contribution >= 0.6 is 0 Å². The predicted molar refractivity (Wildman–Crippen MR) is 149 cm³/mol. The second kappa shape index (κ2) is 22.4. The average Bonchev–Trinajstić information content (AvgIpc) is 2.84. The van der Waals surface area contributed by atoms with Crippen LogP contribution in [-0.2, 0) is 4.74 Å². The van der Waals surface area contributed by atoms with E-state index in [0.717, 1.165) is 26.2 Å². The van der Waals surface area contributed by atoms with Gasteiger partial charge in [-0.05, 0) is 63.7 Å². The summed E-state index contributed by atoms with van der Waals surface area (Å²) in [6, 6.07) is 0. The van der Waals surface area contributed by atoms with Gasteiger partial charge < -0.3 is 14.5 Å². The van der Waals surface area contributed by atoms with Gasteiger partial charge in [0.1, 0.15) is 0 Å². The Hall–Kier alpha value is -0.120. The predicted octanol–water partition coefficient (Wildman–Crippen LogP) is 8.42. The minimum atomic E-state index is 0.365. The van der Waals surface area contributed by atoms with Gasteiger partial charge in [-0.15, -0.1) is 0 Å². The number of likely N-dealkylation sites (N-methyl/N-ethyl adjacent to an activating group) is 2. The van der Waals surface area contributed by atoms with Gasteiger partial charge in [0, 0.05) is 13.1 Å². The molecule has 0 radical (unpaired) electrons. The summed E-state index contributed by atoms with van der Waals surface area (Å²) >= 11 is 0. The number of rotatable bonds is 24. The van der Waals surface area contributed by atoms with Crippen LogP contribution in [0.5, 0.6) is 0 Å². The van der Waals surface area contributed by atoms with Crippen LogP contribution in [-0.4, -0.2) is 61.3 Å². The molecule has 0 N–H and O–H groups in total. The molecule has 0 aliphatic rings. The third kappa shape index (κ3) is 14.8. The highest BCUT2D eigenvalue weighted by Crippen LogP contribution is 2.27. The van der Waals surface area contributed by atoms with Crippen LogP contribution in [0.1, 0.15) is 132 Å². The van der Waals surface area contributed by atoms with E-state index < -0.39 is 0 Å². The molecule has 0 amide bonds. The molecule has 4 atom stereocenters. The number of hydrogen-bond donors (Lipinski definition) is 0. The Morgan fingerprint density at radius 1 is 0.515 bits per heavy atom. The van der Waals surface area contributed by atoms with Crippen molar-refractivity contribution in [3.8, 4) is 0 Å². The molecular weight excluding hydrogens is 404 g/mol. The van der Waals surface area contributed by atoms with Gasteiger partial charge in [-0.25, -0.2) is 0 Å². The summed E-state index contributed by atoms with van der Waals surface area (Å²) in [6.45, 7) is 25.6. The van der Waals surface area contributed by atoms with Crippen molar-refractivity contribution < 1.29 is 4.74 Å². The van der Waals surface area contributed by atoms with Gasteiger partial charge in [-0.1, -0.05) is 107 Å². The molecular formula is C30H64N2O. The van der Waals surface area contributed by atoms with Crippen LogP contribution in [0.25, 0.3) is 0 Å². The third-order valence-electron chi connectivity index (χ3n) is 7.73. The van der Waals surface area contributed by atoms with E-state index in [2.05, 4.69) is 65.2 Å². The lowest BCUT2D eigenvalue weighted by Gasteiger charge is -2.39. The highest BCUT2D eigenvalue weighted by atomic mass is 16.5. The van der Waals surface area contributed by atoms with Crippen molar-refractivity contribution in [2.75, 3.05) is 39.3 Å². The molecule has 0 spiro atoms. The van der Waals surface area contributed by atoms with Crippen molar-refractivity contribution in [1.82, 2.24) is 9.80 Å². The first-order valence-corrected chi connectivity index (χ1v) is 15.1. The van der Waals surface area contributed by atoms with Crippen molar-refractivity contribution in [3.63, 3.8) is 0 Å². The van der Waals surface area contributed by atoms with Gasteiger partial charge in [0.15, 0.2) is 0 Å². The summed E-state index contributed by atoms with van der Waals surface area (Å²) in [5.74, 6) is 1.36. The number of ether oxygens (including phenoxy) is 1. The van der Waals surface area contributed by atoms with Gasteiger partial charge in [0.25, 0.3) is 0 Å². The zero-order valence-electron chi connectivity index (χ0n) is 24.3. The molecule has 0 aromatic heterocycles. The van der Waals surface area contributed by atoms with Gasteiger partial charge in [0.05, 0.1) is 12.2 Å². The van der Waals surface area contributed by atoms with E-state index in [1.807, 2.05) is 0 Å². The summed E-state index contributed by atoms with van der Waals surface area (Å²) in [5.41, 5.74) is 0. The second-order valence-corrected chi connectivity index (χ2v) is 10.3. The highest BCUT2D eigenvalue weighted by Gasteiger charge is 2.30. The fourth-order valence-corrected chi connectivity index (χ4v) is 5.10. The summed E-state index contributed by atoms with van der Waals surface area (Å²) in [7, 11) is 0. The summed E-state index contributed by atoms with van der Waals surface area (Å²) in [6.07, 6.45) is 16.2. The first-order valence-electron chi connectivity index (χ1n) is 15.1. The fraction of sp³-hybridized carbons (Fsp3) is 1.00. The zero-order chi connectivity index (χ0) is 24.9. The maximum absolute atomic E-state index is 7.29. The molecule has 200 valence electrons. The smallest absolute Gasteiger partial charge is 0.0734 e. The molecule has 0 aliphatic heterocycles. The highest BCUT2D eigenvalue weighted by molar-refractivity contribution is 4.81. The van der Waals surface area contributed by atoms with Crippen LogP contribution in [0.15, 0.2) is 0 Å². The van der Waals surface area contributed by atoms with E-state index in [-0.39, 0.29) is 0 Å². The SMILES string of the molecule is CCCCC(CC)C(CN(CC)CCCC)OC(CN(CC)CCCC)C(CC)CCCC. The Kier molecular flexibility index (Phi) is 22.3. The van der Waals surface area contributed by atoms with Gasteiger partial charge >= 0.3 is 0 Å².